The van der Waals surface area contributed by atoms with Crippen molar-refractivity contribution >= 4 is 17.5 Å². The van der Waals surface area contributed by atoms with Crippen molar-refractivity contribution in [2.45, 2.75) is 13.1 Å². The number of rotatable bonds is 3. The van der Waals surface area contributed by atoms with Gasteiger partial charge in [-0.1, -0.05) is 0 Å². The highest BCUT2D eigenvalue weighted by molar-refractivity contribution is 5.95. The fraction of sp³-hybridized carbons (Fsp3) is 0.214. The van der Waals surface area contributed by atoms with Crippen molar-refractivity contribution in [1.82, 2.24) is 15.3 Å². The summed E-state index contributed by atoms with van der Waals surface area (Å²) in [5, 5.41) is 4.95. The van der Waals surface area contributed by atoms with E-state index < -0.39 is 23.5 Å². The van der Waals surface area contributed by atoms with E-state index in [4.69, 9.17) is 0 Å². The molecule has 1 heterocycles. The van der Waals surface area contributed by atoms with E-state index in [9.17, 15) is 22.4 Å². The van der Waals surface area contributed by atoms with E-state index in [-0.39, 0.29) is 11.5 Å². The molecule has 0 bridgehead atoms. The first-order valence-corrected chi connectivity index (χ1v) is 6.41. The molecule has 1 aromatic heterocycles. The second-order valence-corrected chi connectivity index (χ2v) is 4.64. The number of alkyl halides is 3. The Morgan fingerprint density at radius 2 is 1.78 bits per heavy atom. The summed E-state index contributed by atoms with van der Waals surface area (Å²) < 4.78 is 51.1. The lowest BCUT2D eigenvalue weighted by molar-refractivity contribution is -0.138. The second kappa shape index (κ2) is 6.19. The number of halogens is 4. The van der Waals surface area contributed by atoms with Crippen LogP contribution in [-0.2, 0) is 6.18 Å². The molecule has 5 nitrogen and oxygen atoms in total. The zero-order chi connectivity index (χ0) is 17.2. The minimum absolute atomic E-state index is 0.101. The molecule has 0 saturated carbocycles. The number of hydrogen-bond donors (Lipinski definition) is 2. The van der Waals surface area contributed by atoms with Gasteiger partial charge in [0.15, 0.2) is 0 Å². The number of nitrogens with zero attached hydrogens (tertiary/aromatic N) is 2. The summed E-state index contributed by atoms with van der Waals surface area (Å²) in [5.74, 6) is -1.44. The molecule has 0 aliphatic heterocycles. The lowest BCUT2D eigenvalue weighted by Gasteiger charge is -2.12. The molecule has 2 rings (SSSR count). The number of hydrogen-bond acceptors (Lipinski definition) is 4. The zero-order valence-electron chi connectivity index (χ0n) is 12.1. The summed E-state index contributed by atoms with van der Waals surface area (Å²) >= 11 is 0. The molecule has 0 aliphatic rings. The van der Waals surface area contributed by atoms with Gasteiger partial charge in [-0.15, -0.1) is 0 Å². The molecular formula is C14H12F4N4O. The second-order valence-electron chi connectivity index (χ2n) is 4.64. The van der Waals surface area contributed by atoms with E-state index in [0.29, 0.717) is 23.6 Å². The van der Waals surface area contributed by atoms with Crippen LogP contribution in [-0.4, -0.2) is 22.9 Å². The first-order valence-electron chi connectivity index (χ1n) is 6.41. The minimum atomic E-state index is -4.53. The predicted octanol–water partition coefficient (Wildman–Crippen LogP) is 3.05. The SMILES string of the molecule is CNC(=O)c1cc(Nc2ncc(C(F)(F)F)cn2)c(C)cc1F. The molecule has 0 atom stereocenters. The maximum atomic E-state index is 13.7. The molecule has 0 unspecified atom stereocenters. The number of nitrogens with one attached hydrogen (secondary N) is 2. The molecule has 2 aromatic rings. The van der Waals surface area contributed by atoms with Gasteiger partial charge in [0.1, 0.15) is 5.82 Å². The Balaban J connectivity index is 2.31. The molecule has 9 heteroatoms. The summed E-state index contributed by atoms with van der Waals surface area (Å²) in [6.07, 6.45) is -3.27. The predicted molar refractivity (Wildman–Crippen MR) is 74.8 cm³/mol. The van der Waals surface area contributed by atoms with Crippen LogP contribution in [0.5, 0.6) is 0 Å². The average molecular weight is 328 g/mol. The Kier molecular flexibility index (Phi) is 4.48. The Hall–Kier alpha value is -2.71. The highest BCUT2D eigenvalue weighted by Gasteiger charge is 2.31. The van der Waals surface area contributed by atoms with Gasteiger partial charge in [-0.2, -0.15) is 13.2 Å². The number of aryl methyl sites for hydroxylation is 1. The molecule has 0 radical (unpaired) electrons. The van der Waals surface area contributed by atoms with Gasteiger partial charge in [0.2, 0.25) is 5.95 Å². The molecule has 2 N–H and O–H groups in total. The van der Waals surface area contributed by atoms with Gasteiger partial charge in [-0.05, 0) is 24.6 Å². The number of carbonyl (C=O) groups excluding carboxylic acids is 1. The van der Waals surface area contributed by atoms with Crippen molar-refractivity contribution in [3.63, 3.8) is 0 Å². The number of anilines is 2. The average Bonchev–Trinajstić information content (AvgIpc) is 2.49. The van der Waals surface area contributed by atoms with Crippen LogP contribution in [0.4, 0.5) is 29.2 Å². The van der Waals surface area contributed by atoms with Gasteiger partial charge in [0.25, 0.3) is 5.91 Å². The third-order valence-electron chi connectivity index (χ3n) is 3.01. The van der Waals surface area contributed by atoms with Crippen LogP contribution in [0.25, 0.3) is 0 Å². The van der Waals surface area contributed by atoms with Crippen LogP contribution in [0, 0.1) is 12.7 Å². The largest absolute Gasteiger partial charge is 0.419 e. The van der Waals surface area contributed by atoms with E-state index in [1.54, 1.807) is 6.92 Å². The lowest BCUT2D eigenvalue weighted by atomic mass is 10.1. The van der Waals surface area contributed by atoms with E-state index in [1.165, 1.54) is 13.1 Å². The van der Waals surface area contributed by atoms with Gasteiger partial charge in [-0.3, -0.25) is 4.79 Å². The van der Waals surface area contributed by atoms with Crippen LogP contribution in [0.1, 0.15) is 21.5 Å². The molecular weight excluding hydrogens is 316 g/mol. The number of carbonyl (C=O) groups is 1. The molecule has 0 aliphatic carbocycles. The van der Waals surface area contributed by atoms with Crippen LogP contribution >= 0.6 is 0 Å². The molecule has 0 spiro atoms. The van der Waals surface area contributed by atoms with Crippen LogP contribution in [0.2, 0.25) is 0 Å². The standard InChI is InChI=1S/C14H12F4N4O/c1-7-3-10(15)9(12(23)19-2)4-11(7)22-13-20-5-8(6-21-13)14(16,17)18/h3-6H,1-2H3,(H,19,23)(H,20,21,22). The maximum absolute atomic E-state index is 13.7. The summed E-state index contributed by atoms with van der Waals surface area (Å²) in [7, 11) is 1.35. The highest BCUT2D eigenvalue weighted by Crippen LogP contribution is 2.28. The monoisotopic (exact) mass is 328 g/mol. The first-order chi connectivity index (χ1) is 10.7. The van der Waals surface area contributed by atoms with Crippen molar-refractivity contribution in [3.05, 3.63) is 47.0 Å². The topological polar surface area (TPSA) is 66.9 Å². The first kappa shape index (κ1) is 16.7. The van der Waals surface area contributed by atoms with E-state index >= 15 is 0 Å². The van der Waals surface area contributed by atoms with Gasteiger partial charge in [-0.25, -0.2) is 14.4 Å². The third kappa shape index (κ3) is 3.74. The third-order valence-corrected chi connectivity index (χ3v) is 3.01. The van der Waals surface area contributed by atoms with Gasteiger partial charge < -0.3 is 10.6 Å². The van der Waals surface area contributed by atoms with Crippen molar-refractivity contribution in [2.24, 2.45) is 0 Å². The highest BCUT2D eigenvalue weighted by atomic mass is 19.4. The van der Waals surface area contributed by atoms with E-state index in [2.05, 4.69) is 20.6 Å². The van der Waals surface area contributed by atoms with Gasteiger partial charge in [0.05, 0.1) is 11.1 Å². The van der Waals surface area contributed by atoms with Gasteiger partial charge in [0, 0.05) is 25.1 Å². The zero-order valence-corrected chi connectivity index (χ0v) is 12.1. The fourth-order valence-electron chi connectivity index (χ4n) is 1.78. The Bertz CT molecular complexity index is 729. The van der Waals surface area contributed by atoms with Crippen molar-refractivity contribution < 1.29 is 22.4 Å². The minimum Gasteiger partial charge on any atom is -0.355 e. The van der Waals surface area contributed by atoms with E-state index in [0.717, 1.165) is 6.07 Å². The number of aromatic nitrogens is 2. The Morgan fingerprint density at radius 1 is 1.17 bits per heavy atom. The van der Waals surface area contributed by atoms with E-state index in [1.807, 2.05) is 0 Å². The Morgan fingerprint density at radius 3 is 2.30 bits per heavy atom. The smallest absolute Gasteiger partial charge is 0.355 e. The molecule has 1 amide bonds. The maximum Gasteiger partial charge on any atom is 0.419 e. The number of amides is 1. The van der Waals surface area contributed by atoms with Gasteiger partial charge >= 0.3 is 6.18 Å². The lowest BCUT2D eigenvalue weighted by Crippen LogP contribution is -2.19. The number of benzene rings is 1. The van der Waals surface area contributed by atoms with Crippen LogP contribution in [0.15, 0.2) is 24.5 Å². The van der Waals surface area contributed by atoms with Crippen molar-refractivity contribution in [2.75, 3.05) is 12.4 Å². The molecule has 23 heavy (non-hydrogen) atoms. The van der Waals surface area contributed by atoms with Crippen LogP contribution < -0.4 is 10.6 Å². The molecule has 1 aromatic carbocycles. The summed E-state index contributed by atoms with van der Waals surface area (Å²) in [6.45, 7) is 1.57. The quantitative estimate of drug-likeness (QED) is 0.850. The van der Waals surface area contributed by atoms with Crippen molar-refractivity contribution in [3.8, 4) is 0 Å². The molecule has 122 valence electrons. The summed E-state index contributed by atoms with van der Waals surface area (Å²) in [6, 6.07) is 2.38. The summed E-state index contributed by atoms with van der Waals surface area (Å²) in [5.41, 5.74) is -0.430. The summed E-state index contributed by atoms with van der Waals surface area (Å²) in [4.78, 5) is 18.7. The van der Waals surface area contributed by atoms with Crippen molar-refractivity contribution in [1.29, 1.82) is 0 Å². The molecule has 0 saturated heterocycles. The van der Waals surface area contributed by atoms with Crippen LogP contribution in [0.3, 0.4) is 0 Å². The fourth-order valence-corrected chi connectivity index (χ4v) is 1.78. The molecule has 0 fully saturated rings. The Labute approximate surface area is 128 Å². The normalized spacial score (nSPS) is 11.2.